The highest BCUT2D eigenvalue weighted by Crippen LogP contribution is 2.26. The zero-order valence-electron chi connectivity index (χ0n) is 17.1. The first-order valence-electron chi connectivity index (χ1n) is 10.1. The van der Waals surface area contributed by atoms with Crippen LogP contribution in [0.5, 0.6) is 0 Å². The van der Waals surface area contributed by atoms with Crippen molar-refractivity contribution in [2.45, 2.75) is 26.3 Å². The summed E-state index contributed by atoms with van der Waals surface area (Å²) in [4.78, 5) is 2.20. The van der Waals surface area contributed by atoms with Crippen molar-refractivity contribution in [1.29, 1.82) is 0 Å². The minimum Gasteiger partial charge on any atom is -0.369 e. The average Bonchev–Trinajstić information content (AvgIpc) is 3.16. The normalized spacial score (nSPS) is 18.2. The molecule has 1 atom stereocenters. The van der Waals surface area contributed by atoms with E-state index in [1.807, 2.05) is 26.0 Å². The monoisotopic (exact) mass is 431 g/mol. The minimum absolute atomic E-state index is 0.134. The molecule has 7 nitrogen and oxygen atoms in total. The number of aromatic nitrogens is 2. The summed E-state index contributed by atoms with van der Waals surface area (Å²) >= 11 is 0. The van der Waals surface area contributed by atoms with Crippen LogP contribution in [0.2, 0.25) is 0 Å². The summed E-state index contributed by atoms with van der Waals surface area (Å²) in [7, 11) is -3.45. The Bertz CT molecular complexity index is 1130. The first-order chi connectivity index (χ1) is 14.4. The Morgan fingerprint density at radius 2 is 1.87 bits per heavy atom. The van der Waals surface area contributed by atoms with Crippen LogP contribution < -0.4 is 9.62 Å². The van der Waals surface area contributed by atoms with Gasteiger partial charge in [0.05, 0.1) is 17.4 Å². The van der Waals surface area contributed by atoms with Crippen LogP contribution in [0.1, 0.15) is 20.3 Å². The van der Waals surface area contributed by atoms with E-state index in [0.717, 1.165) is 28.7 Å². The average molecular weight is 432 g/mol. The van der Waals surface area contributed by atoms with Crippen molar-refractivity contribution in [3.05, 3.63) is 54.5 Å². The molecule has 0 radical (unpaired) electrons. The van der Waals surface area contributed by atoms with Crippen LogP contribution in [0.15, 0.2) is 48.7 Å². The summed E-state index contributed by atoms with van der Waals surface area (Å²) in [6.45, 7) is 6.00. The van der Waals surface area contributed by atoms with Crippen LogP contribution in [-0.2, 0) is 10.2 Å². The lowest BCUT2D eigenvalue weighted by atomic mass is 10.1. The third kappa shape index (κ3) is 4.05. The molecule has 4 rings (SSSR count). The zero-order valence-corrected chi connectivity index (χ0v) is 17.9. The molecule has 3 aromatic rings. The van der Waals surface area contributed by atoms with Crippen LogP contribution in [0, 0.1) is 5.82 Å². The molecule has 1 saturated heterocycles. The maximum atomic E-state index is 13.2. The van der Waals surface area contributed by atoms with Gasteiger partial charge in [-0.1, -0.05) is 6.92 Å². The van der Waals surface area contributed by atoms with Gasteiger partial charge < -0.3 is 4.90 Å². The Morgan fingerprint density at radius 3 is 2.57 bits per heavy atom. The van der Waals surface area contributed by atoms with Crippen LogP contribution in [0.4, 0.5) is 10.1 Å². The summed E-state index contributed by atoms with van der Waals surface area (Å²) < 4.78 is 44.2. The van der Waals surface area contributed by atoms with Gasteiger partial charge in [-0.2, -0.15) is 17.8 Å². The molecule has 0 spiro atoms. The van der Waals surface area contributed by atoms with Gasteiger partial charge in [0, 0.05) is 43.3 Å². The molecule has 0 amide bonds. The van der Waals surface area contributed by atoms with Gasteiger partial charge >= 0.3 is 0 Å². The second kappa shape index (κ2) is 8.33. The van der Waals surface area contributed by atoms with Crippen molar-refractivity contribution in [3.63, 3.8) is 0 Å². The van der Waals surface area contributed by atoms with Gasteiger partial charge in [0.1, 0.15) is 5.82 Å². The number of anilines is 1. The summed E-state index contributed by atoms with van der Waals surface area (Å²) in [5.41, 5.74) is 2.76. The highest BCUT2D eigenvalue weighted by Gasteiger charge is 2.32. The Balaban J connectivity index is 1.53. The van der Waals surface area contributed by atoms with Crippen LogP contribution in [0.3, 0.4) is 0 Å². The predicted molar refractivity (Wildman–Crippen MR) is 117 cm³/mol. The molecule has 0 saturated carbocycles. The van der Waals surface area contributed by atoms with E-state index in [4.69, 9.17) is 0 Å². The number of hydrogen-bond acceptors (Lipinski definition) is 4. The second-order valence-corrected chi connectivity index (χ2v) is 9.29. The fraction of sp³-hybridized carbons (Fsp3) is 0.381. The summed E-state index contributed by atoms with van der Waals surface area (Å²) in [6.07, 6.45) is 2.56. The minimum atomic E-state index is -3.45. The summed E-state index contributed by atoms with van der Waals surface area (Å²) in [6, 6.07) is 12.2. The number of fused-ring (bicyclic) bond motifs is 1. The van der Waals surface area contributed by atoms with Crippen molar-refractivity contribution in [3.8, 4) is 5.69 Å². The molecule has 2 heterocycles. The van der Waals surface area contributed by atoms with Gasteiger partial charge in [0.15, 0.2) is 0 Å². The zero-order chi connectivity index (χ0) is 21.3. The van der Waals surface area contributed by atoms with Crippen LogP contribution in [-0.4, -0.2) is 54.7 Å². The molecular formula is C21H26FN5O2S. The molecule has 160 valence electrons. The predicted octanol–water partition coefficient (Wildman–Crippen LogP) is 2.92. The van der Waals surface area contributed by atoms with E-state index in [-0.39, 0.29) is 11.9 Å². The first-order valence-corrected chi connectivity index (χ1v) is 11.6. The lowest BCUT2D eigenvalue weighted by Crippen LogP contribution is -2.56. The Kier molecular flexibility index (Phi) is 5.77. The molecule has 1 aliphatic rings. The van der Waals surface area contributed by atoms with Crippen molar-refractivity contribution < 1.29 is 12.8 Å². The van der Waals surface area contributed by atoms with E-state index in [1.165, 1.54) is 12.1 Å². The van der Waals surface area contributed by atoms with E-state index in [0.29, 0.717) is 26.2 Å². The van der Waals surface area contributed by atoms with Crippen molar-refractivity contribution >= 4 is 26.8 Å². The van der Waals surface area contributed by atoms with Crippen LogP contribution >= 0.6 is 0 Å². The third-order valence-corrected chi connectivity index (χ3v) is 7.13. The molecule has 30 heavy (non-hydrogen) atoms. The van der Waals surface area contributed by atoms with E-state index in [9.17, 15) is 12.8 Å². The standard InChI is InChI=1S/C21H26FN5O2S/c1-3-10-24-30(28,29)26-12-11-25(15-16(26)2)20-8-9-21-17(13-20)14-23-27(21)19-6-4-18(22)5-7-19/h4-9,13-14,16,24H,3,10-12,15H2,1-2H3. The van der Waals surface area contributed by atoms with E-state index in [2.05, 4.69) is 20.8 Å². The van der Waals surface area contributed by atoms with E-state index < -0.39 is 10.2 Å². The lowest BCUT2D eigenvalue weighted by Gasteiger charge is -2.40. The molecule has 0 bridgehead atoms. The number of nitrogens with zero attached hydrogens (tertiary/aromatic N) is 4. The number of hydrogen-bond donors (Lipinski definition) is 1. The maximum Gasteiger partial charge on any atom is 0.279 e. The third-order valence-electron chi connectivity index (χ3n) is 5.40. The quantitative estimate of drug-likeness (QED) is 0.652. The smallest absolute Gasteiger partial charge is 0.279 e. The molecule has 1 aliphatic heterocycles. The molecule has 0 aliphatic carbocycles. The van der Waals surface area contributed by atoms with Gasteiger partial charge in [0.25, 0.3) is 10.2 Å². The molecule has 1 aromatic heterocycles. The largest absolute Gasteiger partial charge is 0.369 e. The fourth-order valence-electron chi connectivity index (χ4n) is 3.85. The van der Waals surface area contributed by atoms with Gasteiger partial charge in [-0.25, -0.2) is 13.8 Å². The Labute approximate surface area is 176 Å². The SMILES string of the molecule is CCCNS(=O)(=O)N1CCN(c2ccc3c(cnn3-c3ccc(F)cc3)c2)CC1C. The topological polar surface area (TPSA) is 70.5 Å². The maximum absolute atomic E-state index is 13.2. The fourth-order valence-corrected chi connectivity index (χ4v) is 5.34. The molecule has 1 unspecified atom stereocenters. The first kappa shape index (κ1) is 20.8. The highest BCUT2D eigenvalue weighted by molar-refractivity contribution is 7.87. The van der Waals surface area contributed by atoms with Gasteiger partial charge in [0.2, 0.25) is 0 Å². The highest BCUT2D eigenvalue weighted by atomic mass is 32.2. The number of rotatable bonds is 6. The number of nitrogens with one attached hydrogen (secondary N) is 1. The second-order valence-electron chi connectivity index (χ2n) is 7.58. The number of piperazine rings is 1. The van der Waals surface area contributed by atoms with Gasteiger partial charge in [-0.15, -0.1) is 0 Å². The van der Waals surface area contributed by atoms with E-state index in [1.54, 1.807) is 27.3 Å². The van der Waals surface area contributed by atoms with Gasteiger partial charge in [-0.3, -0.25) is 0 Å². The molecule has 1 N–H and O–H groups in total. The number of halogens is 1. The molecule has 2 aromatic carbocycles. The summed E-state index contributed by atoms with van der Waals surface area (Å²) in [5.74, 6) is -0.280. The Hall–Kier alpha value is -2.49. The van der Waals surface area contributed by atoms with Crippen LogP contribution in [0.25, 0.3) is 16.6 Å². The van der Waals surface area contributed by atoms with Crippen molar-refractivity contribution in [2.24, 2.45) is 0 Å². The molecule has 9 heteroatoms. The van der Waals surface area contributed by atoms with Crippen molar-refractivity contribution in [1.82, 2.24) is 18.8 Å². The molecule has 1 fully saturated rings. The Morgan fingerprint density at radius 1 is 1.13 bits per heavy atom. The molecular weight excluding hydrogens is 405 g/mol. The lowest BCUT2D eigenvalue weighted by molar-refractivity contribution is 0.302. The summed E-state index contributed by atoms with van der Waals surface area (Å²) in [5, 5.41) is 5.43. The van der Waals surface area contributed by atoms with Crippen molar-refractivity contribution in [2.75, 3.05) is 31.1 Å². The van der Waals surface area contributed by atoms with E-state index >= 15 is 0 Å². The number of benzene rings is 2. The van der Waals surface area contributed by atoms with Gasteiger partial charge in [-0.05, 0) is 55.8 Å².